The summed E-state index contributed by atoms with van der Waals surface area (Å²) >= 11 is 0. The number of hydrogen-bond donors (Lipinski definition) is 2. The molecular weight excluding hydrogens is 192 g/mol. The fourth-order valence-corrected chi connectivity index (χ4v) is 1.47. The van der Waals surface area contributed by atoms with Crippen LogP contribution in [0.1, 0.15) is 39.5 Å². The molecule has 0 spiro atoms. The first-order valence-corrected chi connectivity index (χ1v) is 5.82. The Morgan fingerprint density at radius 1 is 1.33 bits per heavy atom. The minimum Gasteiger partial charge on any atom is -0.395 e. The van der Waals surface area contributed by atoms with Crippen molar-refractivity contribution in [2.24, 2.45) is 5.73 Å². The van der Waals surface area contributed by atoms with Crippen LogP contribution in [0.25, 0.3) is 0 Å². The summed E-state index contributed by atoms with van der Waals surface area (Å²) in [5.74, 6) is -0.0284. The van der Waals surface area contributed by atoms with E-state index in [4.69, 9.17) is 10.8 Å². The number of unbranched alkanes of at least 4 members (excludes halogenated alkanes) is 1. The Bertz CT molecular complexity index is 174. The van der Waals surface area contributed by atoms with Crippen molar-refractivity contribution in [1.29, 1.82) is 0 Å². The fraction of sp³-hybridized carbons (Fsp3) is 0.909. The van der Waals surface area contributed by atoms with E-state index in [9.17, 15) is 4.79 Å². The molecule has 90 valence electrons. The van der Waals surface area contributed by atoms with Crippen LogP contribution in [0.4, 0.5) is 0 Å². The van der Waals surface area contributed by atoms with Crippen LogP contribution in [0.3, 0.4) is 0 Å². The van der Waals surface area contributed by atoms with Gasteiger partial charge in [-0.1, -0.05) is 26.7 Å². The third kappa shape index (κ3) is 5.74. The summed E-state index contributed by atoms with van der Waals surface area (Å²) in [4.78, 5) is 13.5. The summed E-state index contributed by atoms with van der Waals surface area (Å²) < 4.78 is 0. The fourth-order valence-electron chi connectivity index (χ4n) is 1.47. The molecule has 3 N–H and O–H groups in total. The van der Waals surface area contributed by atoms with Gasteiger partial charge >= 0.3 is 0 Å². The van der Waals surface area contributed by atoms with Crippen molar-refractivity contribution in [1.82, 2.24) is 4.90 Å². The summed E-state index contributed by atoms with van der Waals surface area (Å²) in [7, 11) is 0. The van der Waals surface area contributed by atoms with Gasteiger partial charge in [0.2, 0.25) is 5.91 Å². The normalized spacial score (nSPS) is 12.5. The predicted octanol–water partition coefficient (Wildman–Crippen LogP) is 0.735. The van der Waals surface area contributed by atoms with Crippen LogP contribution < -0.4 is 5.73 Å². The van der Waals surface area contributed by atoms with Crippen molar-refractivity contribution < 1.29 is 9.90 Å². The van der Waals surface area contributed by atoms with E-state index >= 15 is 0 Å². The zero-order valence-corrected chi connectivity index (χ0v) is 9.91. The molecule has 0 aromatic rings. The molecule has 0 heterocycles. The second kappa shape index (κ2) is 8.68. The SMILES string of the molecule is CCCCN(CCO)C(=O)C(N)CCC. The van der Waals surface area contributed by atoms with Crippen LogP contribution in [-0.4, -0.2) is 41.7 Å². The highest BCUT2D eigenvalue weighted by molar-refractivity contribution is 5.81. The van der Waals surface area contributed by atoms with Crippen LogP contribution >= 0.6 is 0 Å². The molecule has 0 bridgehead atoms. The Labute approximate surface area is 92.4 Å². The molecule has 0 fully saturated rings. The van der Waals surface area contributed by atoms with E-state index in [0.717, 1.165) is 19.3 Å². The smallest absolute Gasteiger partial charge is 0.239 e. The molecule has 0 aromatic heterocycles. The van der Waals surface area contributed by atoms with Gasteiger partial charge in [0.05, 0.1) is 12.6 Å². The summed E-state index contributed by atoms with van der Waals surface area (Å²) in [6, 6.07) is -0.404. The van der Waals surface area contributed by atoms with Gasteiger partial charge < -0.3 is 15.7 Å². The molecule has 1 unspecified atom stereocenters. The van der Waals surface area contributed by atoms with E-state index in [1.165, 1.54) is 0 Å². The first-order valence-electron chi connectivity index (χ1n) is 5.82. The number of hydrogen-bond acceptors (Lipinski definition) is 3. The number of rotatable bonds is 8. The van der Waals surface area contributed by atoms with Crippen molar-refractivity contribution in [3.05, 3.63) is 0 Å². The van der Waals surface area contributed by atoms with E-state index in [0.29, 0.717) is 19.5 Å². The average Bonchev–Trinajstić information content (AvgIpc) is 2.23. The standard InChI is InChI=1S/C11H24N2O2/c1-3-5-7-13(8-9-14)11(15)10(12)6-4-2/h10,14H,3-9,12H2,1-2H3. The van der Waals surface area contributed by atoms with Crippen molar-refractivity contribution >= 4 is 5.91 Å². The van der Waals surface area contributed by atoms with Crippen LogP contribution in [0.15, 0.2) is 0 Å². The number of nitrogens with zero attached hydrogens (tertiary/aromatic N) is 1. The maximum Gasteiger partial charge on any atom is 0.239 e. The Hall–Kier alpha value is -0.610. The van der Waals surface area contributed by atoms with Gasteiger partial charge in [-0.15, -0.1) is 0 Å². The van der Waals surface area contributed by atoms with Gasteiger partial charge in [0.25, 0.3) is 0 Å². The van der Waals surface area contributed by atoms with E-state index in [1.807, 2.05) is 6.92 Å². The minimum absolute atomic E-state index is 0.00823. The minimum atomic E-state index is -0.404. The molecule has 0 saturated heterocycles. The van der Waals surface area contributed by atoms with Gasteiger partial charge in [0.15, 0.2) is 0 Å². The summed E-state index contributed by atoms with van der Waals surface area (Å²) in [6.45, 7) is 5.20. The van der Waals surface area contributed by atoms with Crippen LogP contribution in [0, 0.1) is 0 Å². The number of carbonyl (C=O) groups is 1. The Kier molecular flexibility index (Phi) is 8.33. The van der Waals surface area contributed by atoms with Crippen LogP contribution in [0.5, 0.6) is 0 Å². The number of amides is 1. The number of carbonyl (C=O) groups excluding carboxylic acids is 1. The van der Waals surface area contributed by atoms with E-state index in [2.05, 4.69) is 6.92 Å². The van der Waals surface area contributed by atoms with Gasteiger partial charge in [0, 0.05) is 13.1 Å². The molecule has 1 amide bonds. The molecule has 0 radical (unpaired) electrons. The Morgan fingerprint density at radius 3 is 2.47 bits per heavy atom. The number of aliphatic hydroxyl groups is 1. The molecular formula is C11H24N2O2. The molecule has 0 aliphatic carbocycles. The molecule has 1 atom stereocenters. The van der Waals surface area contributed by atoms with Crippen LogP contribution in [-0.2, 0) is 4.79 Å². The van der Waals surface area contributed by atoms with Gasteiger partial charge in [-0.2, -0.15) is 0 Å². The lowest BCUT2D eigenvalue weighted by molar-refractivity contribution is -0.133. The van der Waals surface area contributed by atoms with Gasteiger partial charge in [-0.25, -0.2) is 0 Å². The van der Waals surface area contributed by atoms with Gasteiger partial charge in [0.1, 0.15) is 0 Å². The molecule has 0 aromatic carbocycles. The quantitative estimate of drug-likeness (QED) is 0.628. The van der Waals surface area contributed by atoms with Gasteiger partial charge in [-0.05, 0) is 12.8 Å². The highest BCUT2D eigenvalue weighted by atomic mass is 16.3. The molecule has 15 heavy (non-hydrogen) atoms. The Morgan fingerprint density at radius 2 is 2.00 bits per heavy atom. The first-order chi connectivity index (χ1) is 7.17. The van der Waals surface area contributed by atoms with E-state index in [-0.39, 0.29) is 12.5 Å². The zero-order valence-electron chi connectivity index (χ0n) is 9.91. The zero-order chi connectivity index (χ0) is 11.7. The lowest BCUT2D eigenvalue weighted by Crippen LogP contribution is -2.45. The first kappa shape index (κ1) is 14.4. The number of nitrogens with two attached hydrogens (primary N) is 1. The molecule has 0 aliphatic rings. The maximum atomic E-state index is 11.8. The summed E-state index contributed by atoms with van der Waals surface area (Å²) in [6.07, 6.45) is 3.63. The number of aliphatic hydroxyl groups excluding tert-OH is 1. The topological polar surface area (TPSA) is 66.6 Å². The van der Waals surface area contributed by atoms with Crippen molar-refractivity contribution in [3.63, 3.8) is 0 Å². The average molecular weight is 216 g/mol. The van der Waals surface area contributed by atoms with Gasteiger partial charge in [-0.3, -0.25) is 4.79 Å². The summed E-state index contributed by atoms with van der Waals surface area (Å²) in [5, 5.41) is 8.86. The van der Waals surface area contributed by atoms with Crippen molar-refractivity contribution in [3.8, 4) is 0 Å². The third-order valence-electron chi connectivity index (χ3n) is 2.38. The van der Waals surface area contributed by atoms with Crippen molar-refractivity contribution in [2.45, 2.75) is 45.6 Å². The van der Waals surface area contributed by atoms with E-state index < -0.39 is 6.04 Å². The summed E-state index contributed by atoms with van der Waals surface area (Å²) in [5.41, 5.74) is 5.76. The highest BCUT2D eigenvalue weighted by Crippen LogP contribution is 2.02. The van der Waals surface area contributed by atoms with Crippen molar-refractivity contribution in [2.75, 3.05) is 19.7 Å². The lowest BCUT2D eigenvalue weighted by atomic mass is 10.1. The predicted molar refractivity (Wildman–Crippen MR) is 61.5 cm³/mol. The molecule has 0 saturated carbocycles. The second-order valence-corrected chi connectivity index (χ2v) is 3.80. The lowest BCUT2D eigenvalue weighted by Gasteiger charge is -2.24. The highest BCUT2D eigenvalue weighted by Gasteiger charge is 2.18. The molecule has 4 heteroatoms. The maximum absolute atomic E-state index is 11.8. The second-order valence-electron chi connectivity index (χ2n) is 3.80. The van der Waals surface area contributed by atoms with Crippen LogP contribution in [0.2, 0.25) is 0 Å². The molecule has 0 aliphatic heterocycles. The molecule has 0 rings (SSSR count). The van der Waals surface area contributed by atoms with E-state index in [1.54, 1.807) is 4.90 Å². The monoisotopic (exact) mass is 216 g/mol. The Balaban J connectivity index is 4.13. The third-order valence-corrected chi connectivity index (χ3v) is 2.38. The molecule has 4 nitrogen and oxygen atoms in total. The largest absolute Gasteiger partial charge is 0.395 e.